The zero-order chi connectivity index (χ0) is 16.4. The molecule has 0 radical (unpaired) electrons. The zero-order valence-electron chi connectivity index (χ0n) is 12.0. The SMILES string of the molecule is CC(=O)/C(N=Nc1cc(C)c(C)cc1C)=C(/O)C(F)(F)F. The second-order valence-electron chi connectivity index (χ2n) is 4.67. The minimum Gasteiger partial charge on any atom is -0.503 e. The average molecular weight is 300 g/mol. The number of carbonyl (C=O) groups excluding carboxylic acids is 1. The largest absolute Gasteiger partial charge is 0.503 e. The summed E-state index contributed by atoms with van der Waals surface area (Å²) < 4.78 is 37.3. The highest BCUT2D eigenvalue weighted by molar-refractivity contribution is 5.93. The number of alkyl halides is 3. The van der Waals surface area contributed by atoms with Crippen LogP contribution < -0.4 is 0 Å². The second-order valence-corrected chi connectivity index (χ2v) is 4.67. The Hall–Kier alpha value is -2.18. The van der Waals surface area contributed by atoms with Crippen LogP contribution in [-0.2, 0) is 4.79 Å². The number of nitrogens with zero attached hydrogens (tertiary/aromatic N) is 2. The van der Waals surface area contributed by atoms with Gasteiger partial charge in [-0.15, -0.1) is 5.11 Å². The van der Waals surface area contributed by atoms with Crippen LogP contribution in [0.1, 0.15) is 23.6 Å². The van der Waals surface area contributed by atoms with Gasteiger partial charge in [-0.1, -0.05) is 6.07 Å². The van der Waals surface area contributed by atoms with Gasteiger partial charge >= 0.3 is 6.18 Å². The Morgan fingerprint density at radius 3 is 2.10 bits per heavy atom. The fourth-order valence-electron chi connectivity index (χ4n) is 1.58. The van der Waals surface area contributed by atoms with Gasteiger partial charge in [-0.05, 0) is 43.5 Å². The summed E-state index contributed by atoms with van der Waals surface area (Å²) in [5.74, 6) is -3.06. The number of ketones is 1. The molecule has 1 aromatic rings. The van der Waals surface area contributed by atoms with E-state index in [0.717, 1.165) is 18.1 Å². The van der Waals surface area contributed by atoms with Crippen molar-refractivity contribution in [2.75, 3.05) is 0 Å². The van der Waals surface area contributed by atoms with Crippen LogP contribution >= 0.6 is 0 Å². The standard InChI is InChI=1S/C14H15F3N2O2/c1-7-5-9(3)11(6-8(7)2)18-19-12(10(4)20)13(21)14(15,16)17/h5-6,21H,1-4H3/b13-12-,19-18?. The molecule has 0 aromatic heterocycles. The molecule has 4 nitrogen and oxygen atoms in total. The number of aliphatic hydroxyl groups excluding tert-OH is 1. The number of halogens is 3. The minimum atomic E-state index is -5.04. The third kappa shape index (κ3) is 4.14. The molecule has 0 aliphatic carbocycles. The maximum atomic E-state index is 12.4. The molecule has 0 aliphatic heterocycles. The molecule has 21 heavy (non-hydrogen) atoms. The molecule has 0 bridgehead atoms. The maximum absolute atomic E-state index is 12.4. The van der Waals surface area contributed by atoms with Gasteiger partial charge in [0, 0.05) is 6.92 Å². The lowest BCUT2D eigenvalue weighted by molar-refractivity contribution is -0.126. The van der Waals surface area contributed by atoms with Crippen LogP contribution in [0.2, 0.25) is 0 Å². The van der Waals surface area contributed by atoms with E-state index in [-0.39, 0.29) is 0 Å². The van der Waals surface area contributed by atoms with Gasteiger partial charge < -0.3 is 5.11 Å². The Kier molecular flexibility index (Phi) is 4.88. The number of allylic oxidation sites excluding steroid dienone is 2. The minimum absolute atomic E-state index is 0.340. The molecular formula is C14H15F3N2O2. The summed E-state index contributed by atoms with van der Waals surface area (Å²) in [6.07, 6.45) is -5.04. The highest BCUT2D eigenvalue weighted by Gasteiger charge is 2.38. The highest BCUT2D eigenvalue weighted by Crippen LogP contribution is 2.29. The van der Waals surface area contributed by atoms with E-state index in [1.54, 1.807) is 13.0 Å². The molecule has 0 heterocycles. The molecule has 0 amide bonds. The second kappa shape index (κ2) is 6.07. The van der Waals surface area contributed by atoms with Gasteiger partial charge in [-0.2, -0.15) is 18.3 Å². The van der Waals surface area contributed by atoms with Crippen molar-refractivity contribution < 1.29 is 23.1 Å². The number of azo groups is 1. The Labute approximate surface area is 120 Å². The summed E-state index contributed by atoms with van der Waals surface area (Å²) >= 11 is 0. The van der Waals surface area contributed by atoms with E-state index in [0.29, 0.717) is 11.3 Å². The van der Waals surface area contributed by atoms with Gasteiger partial charge in [0.1, 0.15) is 0 Å². The smallest absolute Gasteiger partial charge is 0.451 e. The van der Waals surface area contributed by atoms with E-state index in [9.17, 15) is 18.0 Å². The van der Waals surface area contributed by atoms with E-state index in [2.05, 4.69) is 10.2 Å². The molecule has 0 fully saturated rings. The lowest BCUT2D eigenvalue weighted by atomic mass is 10.1. The Bertz CT molecular complexity index is 632. The first-order valence-corrected chi connectivity index (χ1v) is 6.05. The number of carbonyl (C=O) groups is 1. The van der Waals surface area contributed by atoms with Crippen LogP contribution in [0.3, 0.4) is 0 Å². The van der Waals surface area contributed by atoms with Crippen molar-refractivity contribution in [2.24, 2.45) is 10.2 Å². The monoisotopic (exact) mass is 300 g/mol. The summed E-state index contributed by atoms with van der Waals surface area (Å²) in [6.45, 7) is 6.31. The van der Waals surface area contributed by atoms with Crippen molar-refractivity contribution in [1.82, 2.24) is 0 Å². The number of benzene rings is 1. The fourth-order valence-corrected chi connectivity index (χ4v) is 1.58. The lowest BCUT2D eigenvalue weighted by Crippen LogP contribution is -2.16. The van der Waals surface area contributed by atoms with Crippen molar-refractivity contribution in [1.29, 1.82) is 0 Å². The Morgan fingerprint density at radius 1 is 1.10 bits per heavy atom. The van der Waals surface area contributed by atoms with E-state index in [1.165, 1.54) is 0 Å². The molecule has 1 aromatic carbocycles. The Balaban J connectivity index is 3.29. The van der Waals surface area contributed by atoms with E-state index >= 15 is 0 Å². The van der Waals surface area contributed by atoms with Crippen molar-refractivity contribution in [3.05, 3.63) is 40.3 Å². The molecule has 0 saturated carbocycles. The first-order valence-electron chi connectivity index (χ1n) is 6.05. The van der Waals surface area contributed by atoms with Gasteiger partial charge in [-0.25, -0.2) is 0 Å². The predicted octanol–water partition coefficient (Wildman–Crippen LogP) is 4.62. The molecule has 1 N–H and O–H groups in total. The van der Waals surface area contributed by atoms with E-state index in [4.69, 9.17) is 5.11 Å². The molecule has 0 aliphatic rings. The summed E-state index contributed by atoms with van der Waals surface area (Å²) in [5.41, 5.74) is 1.83. The molecule has 1 rings (SSSR count). The van der Waals surface area contributed by atoms with Crippen molar-refractivity contribution in [2.45, 2.75) is 33.9 Å². The van der Waals surface area contributed by atoms with Crippen LogP contribution in [0.4, 0.5) is 18.9 Å². The number of hydrogen-bond acceptors (Lipinski definition) is 4. The molecule has 7 heteroatoms. The summed E-state index contributed by atoms with van der Waals surface area (Å²) in [4.78, 5) is 11.2. The molecule has 0 unspecified atom stereocenters. The first-order chi connectivity index (χ1) is 9.54. The van der Waals surface area contributed by atoms with Gasteiger partial charge in [0.2, 0.25) is 5.76 Å². The predicted molar refractivity (Wildman–Crippen MR) is 71.6 cm³/mol. The van der Waals surface area contributed by atoms with Gasteiger partial charge in [-0.3, -0.25) is 4.79 Å². The van der Waals surface area contributed by atoms with Gasteiger partial charge in [0.05, 0.1) is 5.69 Å². The number of rotatable bonds is 3. The molecule has 0 spiro atoms. The van der Waals surface area contributed by atoms with E-state index in [1.807, 2.05) is 19.9 Å². The zero-order valence-corrected chi connectivity index (χ0v) is 12.0. The Morgan fingerprint density at radius 2 is 1.62 bits per heavy atom. The number of hydrogen-bond donors (Lipinski definition) is 1. The lowest BCUT2D eigenvalue weighted by Gasteiger charge is -2.07. The van der Waals surface area contributed by atoms with Crippen molar-refractivity contribution in [3.63, 3.8) is 0 Å². The molecule has 0 atom stereocenters. The van der Waals surface area contributed by atoms with E-state index < -0.39 is 23.4 Å². The summed E-state index contributed by atoms with van der Waals surface area (Å²) in [6, 6.07) is 3.46. The molecule has 114 valence electrons. The van der Waals surface area contributed by atoms with Crippen LogP contribution in [0, 0.1) is 20.8 Å². The topological polar surface area (TPSA) is 62.0 Å². The first kappa shape index (κ1) is 16.9. The maximum Gasteiger partial charge on any atom is 0.451 e. The van der Waals surface area contributed by atoms with Crippen molar-refractivity contribution >= 4 is 11.5 Å². The van der Waals surface area contributed by atoms with Crippen molar-refractivity contribution in [3.8, 4) is 0 Å². The summed E-state index contributed by atoms with van der Waals surface area (Å²) in [7, 11) is 0. The normalized spacial score (nSPS) is 13.5. The third-order valence-corrected chi connectivity index (χ3v) is 2.90. The quantitative estimate of drug-likeness (QED) is 0.503. The van der Waals surface area contributed by atoms with Gasteiger partial charge in [0.25, 0.3) is 0 Å². The van der Waals surface area contributed by atoms with Crippen LogP contribution in [0.5, 0.6) is 0 Å². The van der Waals surface area contributed by atoms with Crippen LogP contribution in [0.25, 0.3) is 0 Å². The number of aliphatic hydroxyl groups is 1. The third-order valence-electron chi connectivity index (χ3n) is 2.90. The summed E-state index contributed by atoms with van der Waals surface area (Å²) in [5, 5.41) is 16.0. The fraction of sp³-hybridized carbons (Fsp3) is 0.357. The average Bonchev–Trinajstić information content (AvgIpc) is 2.33. The highest BCUT2D eigenvalue weighted by atomic mass is 19.4. The number of aryl methyl sites for hydroxylation is 3. The number of Topliss-reactive ketones (excluding diaryl/α,β-unsaturated/α-hetero) is 1. The molecule has 0 saturated heterocycles. The molecular weight excluding hydrogens is 285 g/mol. The van der Waals surface area contributed by atoms with Crippen LogP contribution in [0.15, 0.2) is 33.8 Å². The van der Waals surface area contributed by atoms with Crippen LogP contribution in [-0.4, -0.2) is 17.1 Å². The van der Waals surface area contributed by atoms with Gasteiger partial charge in [0.15, 0.2) is 11.5 Å².